The highest BCUT2D eigenvalue weighted by molar-refractivity contribution is 7.10. The predicted octanol–water partition coefficient (Wildman–Crippen LogP) is 4.89. The van der Waals surface area contributed by atoms with Crippen LogP contribution >= 0.6 is 11.3 Å². The second kappa shape index (κ2) is 9.02. The average Bonchev–Trinajstić information content (AvgIpc) is 3.25. The van der Waals surface area contributed by atoms with Gasteiger partial charge in [0.05, 0.1) is 23.1 Å². The van der Waals surface area contributed by atoms with Gasteiger partial charge in [-0.1, -0.05) is 24.3 Å². The lowest BCUT2D eigenvalue weighted by atomic mass is 9.79. The number of carbonyl (C=O) groups is 1. The Kier molecular flexibility index (Phi) is 6.57. The molecule has 1 amide bonds. The molecular weight excluding hydrogens is 439 g/mol. The van der Waals surface area contributed by atoms with Crippen LogP contribution in [-0.2, 0) is 10.3 Å². The molecule has 2 atom stereocenters. The number of alkyl halides is 3. The standard InChI is InChI=1S/C23H20F3N3O2S/c1-22(28,19-11-17(13-32-19)16-5-3-4-14(10-16)12-27)20(21(30)29-2)15-6-8-18(9-7-15)31-23(24,25)26/h3-11,13,20H,28H2,1-2H3,(H,29,30)/t20-,22+/m0/s1. The molecule has 0 aliphatic heterocycles. The maximum atomic E-state index is 12.8. The number of halogens is 3. The van der Waals surface area contributed by atoms with Crippen molar-refractivity contribution in [2.24, 2.45) is 5.73 Å². The average molecular weight is 459 g/mol. The van der Waals surface area contributed by atoms with Crippen LogP contribution < -0.4 is 15.8 Å². The highest BCUT2D eigenvalue weighted by atomic mass is 32.1. The molecule has 3 aromatic rings. The Morgan fingerprint density at radius 2 is 1.84 bits per heavy atom. The van der Waals surface area contributed by atoms with E-state index in [9.17, 15) is 18.0 Å². The quantitative estimate of drug-likeness (QED) is 0.550. The van der Waals surface area contributed by atoms with E-state index in [4.69, 9.17) is 11.0 Å². The van der Waals surface area contributed by atoms with Gasteiger partial charge in [0.25, 0.3) is 0 Å². The van der Waals surface area contributed by atoms with E-state index >= 15 is 0 Å². The predicted molar refractivity (Wildman–Crippen MR) is 116 cm³/mol. The molecule has 1 heterocycles. The molecule has 0 saturated carbocycles. The van der Waals surface area contributed by atoms with Crippen LogP contribution in [-0.4, -0.2) is 19.3 Å². The molecule has 0 saturated heterocycles. The van der Waals surface area contributed by atoms with Crippen LogP contribution in [0.3, 0.4) is 0 Å². The van der Waals surface area contributed by atoms with Crippen molar-refractivity contribution in [2.45, 2.75) is 24.7 Å². The Morgan fingerprint density at radius 1 is 1.16 bits per heavy atom. The van der Waals surface area contributed by atoms with Crippen molar-refractivity contribution in [3.05, 3.63) is 76.0 Å². The van der Waals surface area contributed by atoms with Crippen molar-refractivity contribution in [1.82, 2.24) is 5.32 Å². The van der Waals surface area contributed by atoms with Crippen molar-refractivity contribution in [1.29, 1.82) is 5.26 Å². The van der Waals surface area contributed by atoms with Crippen molar-refractivity contribution in [2.75, 3.05) is 7.05 Å². The lowest BCUT2D eigenvalue weighted by molar-refractivity contribution is -0.274. The zero-order chi connectivity index (χ0) is 23.5. The van der Waals surface area contributed by atoms with Crippen LogP contribution in [0.5, 0.6) is 5.75 Å². The number of benzene rings is 2. The van der Waals surface area contributed by atoms with Gasteiger partial charge in [0.1, 0.15) is 5.75 Å². The Labute approximate surface area is 187 Å². The fourth-order valence-electron chi connectivity index (χ4n) is 3.46. The summed E-state index contributed by atoms with van der Waals surface area (Å²) in [6.45, 7) is 1.70. The first-order valence-corrected chi connectivity index (χ1v) is 10.4. The summed E-state index contributed by atoms with van der Waals surface area (Å²) < 4.78 is 41.3. The lowest BCUT2D eigenvalue weighted by Crippen LogP contribution is -2.46. The summed E-state index contributed by atoms with van der Waals surface area (Å²) in [5.74, 6) is -1.63. The van der Waals surface area contributed by atoms with E-state index in [-0.39, 0.29) is 11.7 Å². The molecule has 1 aromatic heterocycles. The highest BCUT2D eigenvalue weighted by Gasteiger charge is 2.39. The van der Waals surface area contributed by atoms with Gasteiger partial charge < -0.3 is 15.8 Å². The van der Waals surface area contributed by atoms with Crippen LogP contribution in [0, 0.1) is 11.3 Å². The number of carbonyl (C=O) groups excluding carboxylic acids is 1. The van der Waals surface area contributed by atoms with Gasteiger partial charge in [-0.15, -0.1) is 24.5 Å². The number of thiophene rings is 1. The van der Waals surface area contributed by atoms with Gasteiger partial charge in [-0.3, -0.25) is 4.79 Å². The second-order valence-corrected chi connectivity index (χ2v) is 8.25. The normalized spacial score (nSPS) is 14.2. The molecule has 0 bridgehead atoms. The minimum atomic E-state index is -4.81. The first-order valence-electron chi connectivity index (χ1n) is 9.51. The molecule has 32 heavy (non-hydrogen) atoms. The van der Waals surface area contributed by atoms with Crippen LogP contribution in [0.25, 0.3) is 11.1 Å². The number of nitriles is 1. The zero-order valence-electron chi connectivity index (χ0n) is 17.2. The number of nitrogens with two attached hydrogens (primary N) is 1. The molecule has 166 valence electrons. The van der Waals surface area contributed by atoms with E-state index in [1.54, 1.807) is 25.1 Å². The minimum Gasteiger partial charge on any atom is -0.406 e. The fourth-order valence-corrected chi connectivity index (χ4v) is 4.48. The fraction of sp³-hybridized carbons (Fsp3) is 0.217. The van der Waals surface area contributed by atoms with Gasteiger partial charge >= 0.3 is 6.36 Å². The molecule has 0 aliphatic carbocycles. The Morgan fingerprint density at radius 3 is 2.44 bits per heavy atom. The van der Waals surface area contributed by atoms with Crippen LogP contribution in [0.1, 0.15) is 28.8 Å². The van der Waals surface area contributed by atoms with Crippen LogP contribution in [0.15, 0.2) is 60.0 Å². The Hall–Kier alpha value is -3.35. The molecular formula is C23H20F3N3O2S. The molecule has 9 heteroatoms. The zero-order valence-corrected chi connectivity index (χ0v) is 18.1. The minimum absolute atomic E-state index is 0.374. The molecule has 0 aliphatic rings. The van der Waals surface area contributed by atoms with E-state index < -0.39 is 17.8 Å². The SMILES string of the molecule is CNC(=O)[C@H](c1ccc(OC(F)(F)F)cc1)[C@](C)(N)c1cc(-c2cccc(C#N)c2)cs1. The number of hydrogen-bond donors (Lipinski definition) is 2. The highest BCUT2D eigenvalue weighted by Crippen LogP contribution is 2.40. The number of ether oxygens (including phenoxy) is 1. The molecule has 2 aromatic carbocycles. The Balaban J connectivity index is 1.96. The van der Waals surface area contributed by atoms with E-state index in [1.807, 2.05) is 17.5 Å². The number of amides is 1. The summed E-state index contributed by atoms with van der Waals surface area (Å²) in [6, 6.07) is 16.2. The van der Waals surface area contributed by atoms with Gasteiger partial charge in [-0.05, 0) is 59.3 Å². The number of likely N-dealkylation sites (N-methyl/N-ethyl adjacent to an activating group) is 1. The summed E-state index contributed by atoms with van der Waals surface area (Å²) in [7, 11) is 1.47. The molecule has 0 spiro atoms. The molecule has 0 unspecified atom stereocenters. The van der Waals surface area contributed by atoms with Gasteiger partial charge in [0, 0.05) is 11.9 Å². The van der Waals surface area contributed by atoms with Crippen molar-refractivity contribution in [3.8, 4) is 22.9 Å². The van der Waals surface area contributed by atoms with Crippen molar-refractivity contribution >= 4 is 17.2 Å². The summed E-state index contributed by atoms with van der Waals surface area (Å²) in [4.78, 5) is 13.5. The van der Waals surface area contributed by atoms with E-state index in [0.717, 1.165) is 23.3 Å². The van der Waals surface area contributed by atoms with Crippen molar-refractivity contribution in [3.63, 3.8) is 0 Å². The first kappa shape index (κ1) is 23.3. The van der Waals surface area contributed by atoms with Crippen molar-refractivity contribution < 1.29 is 22.7 Å². The maximum Gasteiger partial charge on any atom is 0.573 e. The summed E-state index contributed by atoms with van der Waals surface area (Å²) in [5, 5.41) is 13.6. The summed E-state index contributed by atoms with van der Waals surface area (Å²) in [6.07, 6.45) is -4.81. The third-order valence-electron chi connectivity index (χ3n) is 5.01. The second-order valence-electron chi connectivity index (χ2n) is 7.34. The molecule has 3 N–H and O–H groups in total. The van der Waals surface area contributed by atoms with Crippen LogP contribution in [0.2, 0.25) is 0 Å². The number of nitrogens with zero attached hydrogens (tertiary/aromatic N) is 1. The monoisotopic (exact) mass is 459 g/mol. The number of rotatable bonds is 6. The first-order chi connectivity index (χ1) is 15.0. The molecule has 3 rings (SSSR count). The van der Waals surface area contributed by atoms with Crippen LogP contribution in [0.4, 0.5) is 13.2 Å². The summed E-state index contributed by atoms with van der Waals surface area (Å²) in [5.41, 5.74) is 8.16. The number of nitrogens with one attached hydrogen (secondary N) is 1. The van der Waals surface area contributed by atoms with Gasteiger partial charge in [0.2, 0.25) is 5.91 Å². The lowest BCUT2D eigenvalue weighted by Gasteiger charge is -2.32. The molecule has 0 radical (unpaired) electrons. The van der Waals surface area contributed by atoms with E-state index in [0.29, 0.717) is 16.0 Å². The largest absolute Gasteiger partial charge is 0.573 e. The topological polar surface area (TPSA) is 88.1 Å². The summed E-state index contributed by atoms with van der Waals surface area (Å²) >= 11 is 1.37. The Bertz CT molecular complexity index is 1150. The molecule has 5 nitrogen and oxygen atoms in total. The van der Waals surface area contributed by atoms with Gasteiger partial charge in [0.15, 0.2) is 0 Å². The smallest absolute Gasteiger partial charge is 0.406 e. The van der Waals surface area contributed by atoms with E-state index in [1.165, 1.54) is 30.5 Å². The van der Waals surface area contributed by atoms with Gasteiger partial charge in [-0.25, -0.2) is 0 Å². The van der Waals surface area contributed by atoms with Gasteiger partial charge in [-0.2, -0.15) is 5.26 Å². The number of hydrogen-bond acceptors (Lipinski definition) is 5. The molecule has 0 fully saturated rings. The van der Waals surface area contributed by atoms with E-state index in [2.05, 4.69) is 16.1 Å². The third-order valence-corrected chi connectivity index (χ3v) is 6.19. The third kappa shape index (κ3) is 5.10. The maximum absolute atomic E-state index is 12.8.